The van der Waals surface area contributed by atoms with Gasteiger partial charge in [0.2, 0.25) is 5.91 Å². The zero-order chi connectivity index (χ0) is 26.5. The fraction of sp³-hybridized carbons (Fsp3) is 0.742. The predicted molar refractivity (Wildman–Crippen MR) is 143 cm³/mol. The van der Waals surface area contributed by atoms with Crippen LogP contribution in [-0.2, 0) is 4.79 Å². The van der Waals surface area contributed by atoms with Gasteiger partial charge in [-0.25, -0.2) is 4.79 Å². The van der Waals surface area contributed by atoms with E-state index in [-0.39, 0.29) is 34.5 Å². The number of nitrogens with one attached hydrogen (secondary N) is 1. The normalized spacial score (nSPS) is 41.7. The van der Waals surface area contributed by atoms with Gasteiger partial charge < -0.3 is 20.6 Å². The third-order valence-corrected chi connectivity index (χ3v) is 11.7. The highest BCUT2D eigenvalue weighted by molar-refractivity contribution is 5.92. The van der Waals surface area contributed by atoms with Gasteiger partial charge in [0, 0.05) is 12.1 Å². The minimum atomic E-state index is -0.976. The van der Waals surface area contributed by atoms with Gasteiger partial charge in [-0.15, -0.1) is 0 Å². The summed E-state index contributed by atoms with van der Waals surface area (Å²) in [6.07, 6.45) is 9.24. The second-order valence-corrected chi connectivity index (χ2v) is 13.4. The number of carbonyl (C=O) groups excluding carboxylic acids is 1. The first-order valence-electron chi connectivity index (χ1n) is 14.5. The molecule has 0 bridgehead atoms. The van der Waals surface area contributed by atoms with Gasteiger partial charge in [0.05, 0.1) is 17.8 Å². The van der Waals surface area contributed by atoms with E-state index in [2.05, 4.69) is 26.1 Å². The minimum Gasteiger partial charge on any atom is -0.478 e. The highest BCUT2D eigenvalue weighted by Gasteiger charge is 2.62. The maximum Gasteiger partial charge on any atom is 0.335 e. The second-order valence-electron chi connectivity index (χ2n) is 13.4. The Balaban J connectivity index is 1.21. The molecule has 6 nitrogen and oxygen atoms in total. The molecule has 1 aromatic carbocycles. The van der Waals surface area contributed by atoms with Crippen LogP contribution >= 0.6 is 0 Å². The Hall–Kier alpha value is -1.92. The summed E-state index contributed by atoms with van der Waals surface area (Å²) in [5.74, 6) is 1.89. The van der Waals surface area contributed by atoms with Crippen molar-refractivity contribution in [2.75, 3.05) is 5.32 Å². The van der Waals surface area contributed by atoms with E-state index in [1.165, 1.54) is 37.8 Å². The Morgan fingerprint density at radius 2 is 1.65 bits per heavy atom. The molecule has 0 heterocycles. The molecule has 5 unspecified atom stereocenters. The van der Waals surface area contributed by atoms with Crippen LogP contribution in [0.1, 0.15) is 95.3 Å². The van der Waals surface area contributed by atoms with Crippen LogP contribution in [0, 0.1) is 46.3 Å². The Morgan fingerprint density at radius 3 is 2.35 bits per heavy atom. The van der Waals surface area contributed by atoms with E-state index in [1.54, 1.807) is 12.1 Å². The monoisotopic (exact) mass is 511 g/mol. The molecule has 204 valence electrons. The summed E-state index contributed by atoms with van der Waals surface area (Å²) in [6, 6.07) is 6.29. The number of carbonyl (C=O) groups is 2. The van der Waals surface area contributed by atoms with E-state index in [0.29, 0.717) is 47.6 Å². The van der Waals surface area contributed by atoms with Crippen LogP contribution < -0.4 is 5.32 Å². The van der Waals surface area contributed by atoms with Gasteiger partial charge in [0.25, 0.3) is 0 Å². The summed E-state index contributed by atoms with van der Waals surface area (Å²) in [7, 11) is 0. The zero-order valence-corrected chi connectivity index (χ0v) is 22.7. The van der Waals surface area contributed by atoms with Crippen LogP contribution in [0.5, 0.6) is 0 Å². The molecular weight excluding hydrogens is 466 g/mol. The summed E-state index contributed by atoms with van der Waals surface area (Å²) >= 11 is 0. The summed E-state index contributed by atoms with van der Waals surface area (Å²) in [4.78, 5) is 23.7. The first kappa shape index (κ1) is 26.7. The average Bonchev–Trinajstić information content (AvgIpc) is 3.21. The van der Waals surface area contributed by atoms with Crippen molar-refractivity contribution in [2.45, 2.75) is 97.2 Å². The molecule has 6 heteroatoms. The van der Waals surface area contributed by atoms with E-state index in [0.717, 1.165) is 32.1 Å². The SMILES string of the molecule is CC(CCC(=O)Nc1ccc(C(=O)O)cc1)[C@H]1CCC2C3C(CC[C@@]21C)[C@@]1(C)CC[C@@H](O)CC1C[C@H]3O. The van der Waals surface area contributed by atoms with Gasteiger partial charge in [0.15, 0.2) is 0 Å². The highest BCUT2D eigenvalue weighted by atomic mass is 16.4. The lowest BCUT2D eigenvalue weighted by molar-refractivity contribution is -0.174. The van der Waals surface area contributed by atoms with E-state index >= 15 is 0 Å². The molecule has 0 aliphatic heterocycles. The van der Waals surface area contributed by atoms with Crippen LogP contribution in [0.4, 0.5) is 5.69 Å². The Kier molecular flexibility index (Phi) is 7.21. The van der Waals surface area contributed by atoms with Crippen molar-refractivity contribution in [1.29, 1.82) is 0 Å². The molecule has 0 saturated heterocycles. The fourth-order valence-corrected chi connectivity index (χ4v) is 9.66. The van der Waals surface area contributed by atoms with Crippen LogP contribution in [-0.4, -0.2) is 39.4 Å². The van der Waals surface area contributed by atoms with Crippen molar-refractivity contribution in [3.8, 4) is 0 Å². The fourth-order valence-electron chi connectivity index (χ4n) is 9.66. The van der Waals surface area contributed by atoms with Crippen molar-refractivity contribution < 1.29 is 24.9 Å². The molecule has 0 aromatic heterocycles. The Labute approximate surface area is 221 Å². The maximum absolute atomic E-state index is 12.7. The molecule has 1 aromatic rings. The van der Waals surface area contributed by atoms with Crippen molar-refractivity contribution >= 4 is 17.6 Å². The molecule has 10 atom stereocenters. The largest absolute Gasteiger partial charge is 0.478 e. The lowest BCUT2D eigenvalue weighted by Crippen LogP contribution is -2.58. The zero-order valence-electron chi connectivity index (χ0n) is 22.7. The van der Waals surface area contributed by atoms with Gasteiger partial charge in [0.1, 0.15) is 0 Å². The van der Waals surface area contributed by atoms with Gasteiger partial charge >= 0.3 is 5.97 Å². The molecule has 1 amide bonds. The topological polar surface area (TPSA) is 107 Å². The molecular formula is C31H45NO5. The second kappa shape index (κ2) is 10.00. The standard InChI is InChI=1S/C31H45NO5/c1-18(4-11-27(35)32-21-7-5-19(6-8-21)29(36)37)23-9-10-24-28-25(13-15-31(23,24)3)30(2)14-12-22(33)16-20(30)17-26(28)34/h5-8,18,20,22-26,28,33-34H,4,9-17H2,1-3H3,(H,32,35)(H,36,37)/t18?,20?,22-,23-,24?,25?,26-,28?,30+,31-/m1/s1. The van der Waals surface area contributed by atoms with Crippen LogP contribution in [0.25, 0.3) is 0 Å². The number of amides is 1. The van der Waals surface area contributed by atoms with Gasteiger partial charge in [-0.1, -0.05) is 20.8 Å². The summed E-state index contributed by atoms with van der Waals surface area (Å²) < 4.78 is 0. The van der Waals surface area contributed by atoms with Crippen molar-refractivity contribution in [1.82, 2.24) is 0 Å². The smallest absolute Gasteiger partial charge is 0.335 e. The van der Waals surface area contributed by atoms with Gasteiger partial charge in [-0.3, -0.25) is 4.79 Å². The molecule has 4 saturated carbocycles. The number of anilines is 1. The quantitative estimate of drug-likeness (QED) is 0.390. The van der Waals surface area contributed by atoms with Crippen molar-refractivity contribution in [3.05, 3.63) is 29.8 Å². The highest BCUT2D eigenvalue weighted by Crippen LogP contribution is 2.68. The van der Waals surface area contributed by atoms with Crippen molar-refractivity contribution in [2.24, 2.45) is 46.3 Å². The van der Waals surface area contributed by atoms with Crippen LogP contribution in [0.2, 0.25) is 0 Å². The molecule has 0 spiro atoms. The Morgan fingerprint density at radius 1 is 0.973 bits per heavy atom. The number of aliphatic hydroxyl groups is 2. The first-order valence-corrected chi connectivity index (χ1v) is 14.5. The minimum absolute atomic E-state index is 0.0283. The van der Waals surface area contributed by atoms with Crippen LogP contribution in [0.15, 0.2) is 24.3 Å². The molecule has 4 N–H and O–H groups in total. The number of hydrogen-bond donors (Lipinski definition) is 4. The lowest BCUT2D eigenvalue weighted by Gasteiger charge is -2.62. The molecule has 4 aliphatic carbocycles. The molecule has 4 aliphatic rings. The molecule has 37 heavy (non-hydrogen) atoms. The number of hydrogen-bond acceptors (Lipinski definition) is 4. The van der Waals surface area contributed by atoms with Gasteiger partial charge in [-0.2, -0.15) is 0 Å². The van der Waals surface area contributed by atoms with Crippen LogP contribution in [0.3, 0.4) is 0 Å². The van der Waals surface area contributed by atoms with E-state index in [9.17, 15) is 19.8 Å². The summed E-state index contributed by atoms with van der Waals surface area (Å²) in [5.41, 5.74) is 1.29. The summed E-state index contributed by atoms with van der Waals surface area (Å²) in [6.45, 7) is 7.23. The predicted octanol–water partition coefficient (Wildman–Crippen LogP) is 5.73. The molecule has 0 radical (unpaired) electrons. The number of carboxylic acids is 1. The summed E-state index contributed by atoms with van der Waals surface area (Å²) in [5, 5.41) is 33.7. The third-order valence-electron chi connectivity index (χ3n) is 11.7. The lowest BCUT2D eigenvalue weighted by atomic mass is 9.43. The number of carboxylic acid groups (broad SMARTS) is 1. The Bertz CT molecular complexity index is 1010. The number of aliphatic hydroxyl groups excluding tert-OH is 2. The van der Waals surface area contributed by atoms with E-state index in [4.69, 9.17) is 5.11 Å². The average molecular weight is 512 g/mol. The maximum atomic E-state index is 12.7. The number of benzene rings is 1. The van der Waals surface area contributed by atoms with E-state index in [1.807, 2.05) is 0 Å². The van der Waals surface area contributed by atoms with Crippen molar-refractivity contribution in [3.63, 3.8) is 0 Å². The molecule has 4 fully saturated rings. The number of rotatable bonds is 6. The van der Waals surface area contributed by atoms with E-state index < -0.39 is 5.97 Å². The first-order chi connectivity index (χ1) is 17.5. The third kappa shape index (κ3) is 4.73. The molecule has 5 rings (SSSR count). The number of fused-ring (bicyclic) bond motifs is 5. The number of aromatic carboxylic acids is 1. The van der Waals surface area contributed by atoms with Gasteiger partial charge in [-0.05, 0) is 128 Å².